The molecule has 0 amide bonds. The van der Waals surface area contributed by atoms with Crippen molar-refractivity contribution in [1.29, 1.82) is 0 Å². The minimum atomic E-state index is 0.948. The van der Waals surface area contributed by atoms with Crippen molar-refractivity contribution < 1.29 is 0 Å². The summed E-state index contributed by atoms with van der Waals surface area (Å²) in [5.41, 5.74) is 2.57. The molecule has 0 atom stereocenters. The predicted octanol–water partition coefficient (Wildman–Crippen LogP) is 4.50. The summed E-state index contributed by atoms with van der Waals surface area (Å²) in [6, 6.07) is 12.8. The van der Waals surface area contributed by atoms with Crippen LogP contribution in [0.5, 0.6) is 0 Å². The normalized spacial score (nSPS) is 10.4. The van der Waals surface area contributed by atoms with Gasteiger partial charge >= 0.3 is 0 Å². The first-order chi connectivity index (χ1) is 9.29. The smallest absolute Gasteiger partial charge is 0.129 e. The van der Waals surface area contributed by atoms with Crippen molar-refractivity contribution in [3.8, 4) is 0 Å². The molecule has 0 aliphatic heterocycles. The third-order valence-electron chi connectivity index (χ3n) is 2.82. The number of anilines is 1. The largest absolute Gasteiger partial charge is 0.370 e. The Morgan fingerprint density at radius 2 is 2.11 bits per heavy atom. The maximum Gasteiger partial charge on any atom is 0.129 e. The van der Waals surface area contributed by atoms with E-state index in [1.54, 1.807) is 0 Å². The van der Waals surface area contributed by atoms with E-state index < -0.39 is 0 Å². The van der Waals surface area contributed by atoms with Crippen LogP contribution in [-0.2, 0) is 5.75 Å². The van der Waals surface area contributed by atoms with Gasteiger partial charge in [-0.2, -0.15) is 0 Å². The first-order valence-corrected chi connectivity index (χ1v) is 7.65. The van der Waals surface area contributed by atoms with Crippen molar-refractivity contribution >= 4 is 17.6 Å². The van der Waals surface area contributed by atoms with Crippen molar-refractivity contribution in [2.24, 2.45) is 0 Å². The summed E-state index contributed by atoms with van der Waals surface area (Å²) in [5, 5.41) is 3.39. The fourth-order valence-corrected chi connectivity index (χ4v) is 2.82. The lowest BCUT2D eigenvalue weighted by atomic mass is 10.2. The Labute approximate surface area is 119 Å². The number of nitrogens with one attached hydrogen (secondary N) is 1. The van der Waals surface area contributed by atoms with Crippen LogP contribution in [0.1, 0.15) is 24.5 Å². The zero-order valence-electron chi connectivity index (χ0n) is 11.5. The molecule has 1 N–H and O–H groups in total. The van der Waals surface area contributed by atoms with Crippen LogP contribution in [-0.4, -0.2) is 11.5 Å². The highest BCUT2D eigenvalue weighted by molar-refractivity contribution is 7.98. The monoisotopic (exact) mass is 272 g/mol. The van der Waals surface area contributed by atoms with Gasteiger partial charge in [-0.3, -0.25) is 0 Å². The number of aromatic nitrogens is 1. The van der Waals surface area contributed by atoms with Gasteiger partial charge in [0.05, 0.1) is 0 Å². The molecule has 0 bridgehead atoms. The first kappa shape index (κ1) is 13.9. The second-order valence-corrected chi connectivity index (χ2v) is 5.59. The van der Waals surface area contributed by atoms with Crippen LogP contribution >= 0.6 is 11.8 Å². The molecule has 100 valence electrons. The molecule has 0 unspecified atom stereocenters. The average molecular weight is 272 g/mol. The van der Waals surface area contributed by atoms with E-state index in [1.807, 2.05) is 24.0 Å². The van der Waals surface area contributed by atoms with Gasteiger partial charge in [-0.05, 0) is 31.5 Å². The number of aryl methyl sites for hydroxylation is 1. The Kier molecular flexibility index (Phi) is 5.28. The van der Waals surface area contributed by atoms with E-state index in [4.69, 9.17) is 0 Å². The predicted molar refractivity (Wildman–Crippen MR) is 83.8 cm³/mol. The third kappa shape index (κ3) is 4.28. The molecule has 2 rings (SSSR count). The van der Waals surface area contributed by atoms with E-state index in [2.05, 4.69) is 54.5 Å². The Morgan fingerprint density at radius 3 is 2.89 bits per heavy atom. The van der Waals surface area contributed by atoms with Crippen molar-refractivity contribution in [3.63, 3.8) is 0 Å². The lowest BCUT2D eigenvalue weighted by Gasteiger charge is -2.10. The average Bonchev–Trinajstić information content (AvgIpc) is 2.44. The molecule has 0 spiro atoms. The summed E-state index contributed by atoms with van der Waals surface area (Å²) in [5.74, 6) is 1.97. The van der Waals surface area contributed by atoms with Crippen LogP contribution < -0.4 is 5.32 Å². The van der Waals surface area contributed by atoms with Crippen LogP contribution in [0.3, 0.4) is 0 Å². The zero-order chi connectivity index (χ0) is 13.5. The SMILES string of the molecule is CCCNc1ncccc1CSc1cccc(C)c1. The number of nitrogens with zero attached hydrogens (tertiary/aromatic N) is 1. The highest BCUT2D eigenvalue weighted by Gasteiger charge is 2.03. The van der Waals surface area contributed by atoms with Gasteiger partial charge in [0.2, 0.25) is 0 Å². The van der Waals surface area contributed by atoms with Crippen LogP contribution in [0.2, 0.25) is 0 Å². The molecular formula is C16H20N2S. The van der Waals surface area contributed by atoms with Gasteiger partial charge in [-0.25, -0.2) is 4.98 Å². The number of hydrogen-bond donors (Lipinski definition) is 1. The van der Waals surface area contributed by atoms with Crippen LogP contribution in [0.25, 0.3) is 0 Å². The summed E-state index contributed by atoms with van der Waals surface area (Å²) in [4.78, 5) is 5.73. The summed E-state index contributed by atoms with van der Waals surface area (Å²) in [7, 11) is 0. The highest BCUT2D eigenvalue weighted by Crippen LogP contribution is 2.26. The van der Waals surface area contributed by atoms with E-state index in [-0.39, 0.29) is 0 Å². The summed E-state index contributed by atoms with van der Waals surface area (Å²) in [6.07, 6.45) is 2.96. The summed E-state index contributed by atoms with van der Waals surface area (Å²) < 4.78 is 0. The Bertz CT molecular complexity index is 526. The maximum atomic E-state index is 4.42. The van der Waals surface area contributed by atoms with E-state index in [1.165, 1.54) is 16.0 Å². The molecule has 1 heterocycles. The Balaban J connectivity index is 2.02. The fourth-order valence-electron chi connectivity index (χ4n) is 1.82. The number of hydrogen-bond acceptors (Lipinski definition) is 3. The van der Waals surface area contributed by atoms with Gasteiger partial charge < -0.3 is 5.32 Å². The lowest BCUT2D eigenvalue weighted by molar-refractivity contribution is 0.965. The topological polar surface area (TPSA) is 24.9 Å². The molecule has 0 aliphatic rings. The van der Waals surface area contributed by atoms with Crippen LogP contribution in [0.4, 0.5) is 5.82 Å². The highest BCUT2D eigenvalue weighted by atomic mass is 32.2. The number of thioether (sulfide) groups is 1. The lowest BCUT2D eigenvalue weighted by Crippen LogP contribution is -2.04. The van der Waals surface area contributed by atoms with Crippen LogP contribution in [0, 0.1) is 6.92 Å². The number of pyridine rings is 1. The molecule has 0 fully saturated rings. The van der Waals surface area contributed by atoms with Crippen molar-refractivity contribution in [2.75, 3.05) is 11.9 Å². The van der Waals surface area contributed by atoms with E-state index in [9.17, 15) is 0 Å². The first-order valence-electron chi connectivity index (χ1n) is 6.67. The molecule has 0 saturated heterocycles. The fraction of sp³-hybridized carbons (Fsp3) is 0.312. The van der Waals surface area contributed by atoms with Gasteiger partial charge in [0.1, 0.15) is 5.82 Å². The van der Waals surface area contributed by atoms with Gasteiger partial charge in [-0.1, -0.05) is 30.7 Å². The second-order valence-electron chi connectivity index (χ2n) is 4.54. The molecule has 2 aromatic rings. The summed E-state index contributed by atoms with van der Waals surface area (Å²) in [6.45, 7) is 5.26. The number of rotatable bonds is 6. The molecule has 0 saturated carbocycles. The standard InChI is InChI=1S/C16H20N2S/c1-3-9-17-16-14(7-5-10-18-16)12-19-15-8-4-6-13(2)11-15/h4-8,10-11H,3,9,12H2,1-2H3,(H,17,18). The minimum Gasteiger partial charge on any atom is -0.370 e. The molecule has 0 aliphatic carbocycles. The van der Waals surface area contributed by atoms with Gasteiger partial charge in [0.15, 0.2) is 0 Å². The number of benzene rings is 1. The molecule has 0 radical (unpaired) electrons. The summed E-state index contributed by atoms with van der Waals surface area (Å²) >= 11 is 1.86. The van der Waals surface area contributed by atoms with Gasteiger partial charge in [0, 0.05) is 29.0 Å². The quantitative estimate of drug-likeness (QED) is 0.783. The molecule has 19 heavy (non-hydrogen) atoms. The molecular weight excluding hydrogens is 252 g/mol. The molecule has 3 heteroatoms. The van der Waals surface area contributed by atoms with E-state index in [0.29, 0.717) is 0 Å². The molecule has 2 nitrogen and oxygen atoms in total. The Morgan fingerprint density at radius 1 is 1.21 bits per heavy atom. The van der Waals surface area contributed by atoms with E-state index >= 15 is 0 Å². The minimum absolute atomic E-state index is 0.948. The maximum absolute atomic E-state index is 4.42. The Hall–Kier alpha value is -1.48. The molecule has 1 aromatic heterocycles. The second kappa shape index (κ2) is 7.19. The van der Waals surface area contributed by atoms with Gasteiger partial charge in [-0.15, -0.1) is 11.8 Å². The van der Waals surface area contributed by atoms with Crippen molar-refractivity contribution in [3.05, 3.63) is 53.7 Å². The molecule has 1 aromatic carbocycles. The van der Waals surface area contributed by atoms with Crippen LogP contribution in [0.15, 0.2) is 47.5 Å². The third-order valence-corrected chi connectivity index (χ3v) is 3.86. The zero-order valence-corrected chi connectivity index (χ0v) is 12.3. The van der Waals surface area contributed by atoms with E-state index in [0.717, 1.165) is 24.5 Å². The van der Waals surface area contributed by atoms with Crippen molar-refractivity contribution in [2.45, 2.75) is 30.9 Å². The van der Waals surface area contributed by atoms with Gasteiger partial charge in [0.25, 0.3) is 0 Å². The van der Waals surface area contributed by atoms with Crippen molar-refractivity contribution in [1.82, 2.24) is 4.98 Å².